The Bertz CT molecular complexity index is 448. The van der Waals surface area contributed by atoms with Crippen LogP contribution in [0.4, 0.5) is 5.82 Å². The van der Waals surface area contributed by atoms with Gasteiger partial charge in [0.15, 0.2) is 0 Å². The number of imidazole rings is 1. The lowest BCUT2D eigenvalue weighted by atomic mass is 10.2. The molecule has 0 aliphatic carbocycles. The van der Waals surface area contributed by atoms with Crippen molar-refractivity contribution in [2.24, 2.45) is 7.05 Å². The average molecular weight is 252 g/mol. The number of hydrogen-bond acceptors (Lipinski definition) is 2. The molecule has 0 aliphatic rings. The van der Waals surface area contributed by atoms with Crippen molar-refractivity contribution in [3.05, 3.63) is 34.9 Å². The molecular formula is C10H10BrN3. The van der Waals surface area contributed by atoms with Gasteiger partial charge >= 0.3 is 0 Å². The van der Waals surface area contributed by atoms with Crippen LogP contribution in [-0.4, -0.2) is 9.55 Å². The monoisotopic (exact) mass is 251 g/mol. The maximum Gasteiger partial charge on any atom is 0.148 e. The molecule has 3 nitrogen and oxygen atoms in total. The molecule has 0 fully saturated rings. The normalized spacial score (nSPS) is 10.4. The maximum atomic E-state index is 5.79. The van der Waals surface area contributed by atoms with E-state index in [2.05, 4.69) is 20.9 Å². The summed E-state index contributed by atoms with van der Waals surface area (Å²) < 4.78 is 2.55. The molecule has 0 saturated heterocycles. The number of halogens is 1. The molecule has 4 heteroatoms. The second-order valence-electron chi connectivity index (χ2n) is 3.04. The molecule has 1 heterocycles. The van der Waals surface area contributed by atoms with Gasteiger partial charge in [0.05, 0.1) is 0 Å². The number of nitrogen functional groups attached to an aromatic ring is 1. The van der Waals surface area contributed by atoms with Gasteiger partial charge in [-0.3, -0.25) is 0 Å². The summed E-state index contributed by atoms with van der Waals surface area (Å²) in [4.78, 5) is 4.33. The minimum atomic E-state index is 0.642. The van der Waals surface area contributed by atoms with Crippen LogP contribution >= 0.6 is 15.9 Å². The minimum Gasteiger partial charge on any atom is -0.383 e. The molecule has 2 N–H and O–H groups in total. The fourth-order valence-electron chi connectivity index (χ4n) is 1.32. The Kier molecular flexibility index (Phi) is 2.29. The van der Waals surface area contributed by atoms with Gasteiger partial charge in [0.2, 0.25) is 0 Å². The van der Waals surface area contributed by atoms with Crippen molar-refractivity contribution in [2.75, 3.05) is 5.73 Å². The van der Waals surface area contributed by atoms with Crippen LogP contribution in [0.2, 0.25) is 0 Å². The predicted octanol–water partition coefficient (Wildman–Crippen LogP) is 2.43. The first kappa shape index (κ1) is 9.27. The Balaban J connectivity index is 2.58. The van der Waals surface area contributed by atoms with Crippen molar-refractivity contribution < 1.29 is 0 Å². The third-order valence-electron chi connectivity index (χ3n) is 2.13. The Morgan fingerprint density at radius 2 is 1.93 bits per heavy atom. The number of anilines is 1. The van der Waals surface area contributed by atoms with Crippen molar-refractivity contribution in [3.8, 4) is 11.4 Å². The van der Waals surface area contributed by atoms with E-state index in [1.165, 1.54) is 0 Å². The maximum absolute atomic E-state index is 5.79. The number of nitrogens with two attached hydrogens (primary N) is 1. The highest BCUT2D eigenvalue weighted by atomic mass is 79.9. The van der Waals surface area contributed by atoms with Crippen LogP contribution in [0.25, 0.3) is 11.4 Å². The Morgan fingerprint density at radius 3 is 2.43 bits per heavy atom. The van der Waals surface area contributed by atoms with Crippen LogP contribution in [-0.2, 0) is 7.05 Å². The van der Waals surface area contributed by atoms with Gasteiger partial charge in [-0.1, -0.05) is 30.3 Å². The smallest absolute Gasteiger partial charge is 0.148 e. The molecule has 0 unspecified atom stereocenters. The standard InChI is InChI=1S/C10H10BrN3/c1-14-9(12)8(11)13-10(14)7-5-3-2-4-6-7/h2-6H,12H2,1H3. The van der Waals surface area contributed by atoms with Gasteiger partial charge in [-0.25, -0.2) is 4.98 Å². The number of benzene rings is 1. The number of nitrogens with zero attached hydrogens (tertiary/aromatic N) is 2. The zero-order valence-electron chi connectivity index (χ0n) is 7.74. The van der Waals surface area contributed by atoms with Crippen molar-refractivity contribution in [3.63, 3.8) is 0 Å². The first-order chi connectivity index (χ1) is 6.70. The summed E-state index contributed by atoms with van der Waals surface area (Å²) in [7, 11) is 1.90. The molecule has 2 rings (SSSR count). The summed E-state index contributed by atoms with van der Waals surface area (Å²) >= 11 is 3.31. The van der Waals surface area contributed by atoms with E-state index in [0.29, 0.717) is 10.4 Å². The van der Waals surface area contributed by atoms with Crippen molar-refractivity contribution in [2.45, 2.75) is 0 Å². The molecule has 0 radical (unpaired) electrons. The number of aromatic nitrogens is 2. The van der Waals surface area contributed by atoms with Crippen LogP contribution in [0.5, 0.6) is 0 Å². The molecule has 0 atom stereocenters. The summed E-state index contributed by atoms with van der Waals surface area (Å²) in [6, 6.07) is 9.95. The zero-order chi connectivity index (χ0) is 10.1. The Labute approximate surface area is 90.7 Å². The third kappa shape index (κ3) is 1.42. The lowest BCUT2D eigenvalue weighted by Crippen LogP contribution is -1.97. The number of rotatable bonds is 1. The molecule has 0 amide bonds. The predicted molar refractivity (Wildman–Crippen MR) is 60.8 cm³/mol. The lowest BCUT2D eigenvalue weighted by molar-refractivity contribution is 0.936. The summed E-state index contributed by atoms with van der Waals surface area (Å²) in [5, 5.41) is 0. The van der Waals surface area contributed by atoms with Gasteiger partial charge in [-0.05, 0) is 15.9 Å². The van der Waals surface area contributed by atoms with E-state index in [1.54, 1.807) is 0 Å². The van der Waals surface area contributed by atoms with E-state index in [-0.39, 0.29) is 0 Å². The first-order valence-electron chi connectivity index (χ1n) is 4.23. The molecular weight excluding hydrogens is 242 g/mol. The second kappa shape index (κ2) is 3.46. The highest BCUT2D eigenvalue weighted by Gasteiger charge is 2.10. The van der Waals surface area contributed by atoms with Crippen molar-refractivity contribution >= 4 is 21.7 Å². The molecule has 0 bridgehead atoms. The summed E-state index contributed by atoms with van der Waals surface area (Å²) in [5.74, 6) is 1.51. The van der Waals surface area contributed by atoms with Gasteiger partial charge in [-0.2, -0.15) is 0 Å². The SMILES string of the molecule is Cn1c(-c2ccccc2)nc(Br)c1N. The summed E-state index contributed by atoms with van der Waals surface area (Å²) in [5.41, 5.74) is 6.86. The topological polar surface area (TPSA) is 43.8 Å². The van der Waals surface area contributed by atoms with Gasteiger partial charge in [-0.15, -0.1) is 0 Å². The average Bonchev–Trinajstić information content (AvgIpc) is 2.47. The van der Waals surface area contributed by atoms with E-state index in [4.69, 9.17) is 5.73 Å². The Hall–Kier alpha value is -1.29. The van der Waals surface area contributed by atoms with Crippen LogP contribution in [0, 0.1) is 0 Å². The molecule has 0 aliphatic heterocycles. The Morgan fingerprint density at radius 1 is 1.29 bits per heavy atom. The van der Waals surface area contributed by atoms with Gasteiger partial charge < -0.3 is 10.3 Å². The zero-order valence-corrected chi connectivity index (χ0v) is 9.32. The molecule has 72 valence electrons. The van der Waals surface area contributed by atoms with Crippen LogP contribution in [0.15, 0.2) is 34.9 Å². The number of hydrogen-bond donors (Lipinski definition) is 1. The molecule has 2 aromatic rings. The lowest BCUT2D eigenvalue weighted by Gasteiger charge is -2.01. The quantitative estimate of drug-likeness (QED) is 0.847. The summed E-state index contributed by atoms with van der Waals surface area (Å²) in [6.07, 6.45) is 0. The van der Waals surface area contributed by atoms with E-state index >= 15 is 0 Å². The molecule has 1 aromatic heterocycles. The van der Waals surface area contributed by atoms with Crippen LogP contribution < -0.4 is 5.73 Å². The van der Waals surface area contributed by atoms with Crippen LogP contribution in [0.1, 0.15) is 0 Å². The molecule has 0 saturated carbocycles. The van der Waals surface area contributed by atoms with Gasteiger partial charge in [0.25, 0.3) is 0 Å². The molecule has 1 aromatic carbocycles. The fourth-order valence-corrected chi connectivity index (χ4v) is 1.76. The fraction of sp³-hybridized carbons (Fsp3) is 0.100. The van der Waals surface area contributed by atoms with Crippen molar-refractivity contribution in [1.82, 2.24) is 9.55 Å². The molecule has 14 heavy (non-hydrogen) atoms. The van der Waals surface area contributed by atoms with E-state index in [9.17, 15) is 0 Å². The highest BCUT2D eigenvalue weighted by Crippen LogP contribution is 2.25. The van der Waals surface area contributed by atoms with Crippen LogP contribution in [0.3, 0.4) is 0 Å². The minimum absolute atomic E-state index is 0.642. The van der Waals surface area contributed by atoms with Gasteiger partial charge in [0, 0.05) is 12.6 Å². The van der Waals surface area contributed by atoms with E-state index < -0.39 is 0 Å². The van der Waals surface area contributed by atoms with Crippen molar-refractivity contribution in [1.29, 1.82) is 0 Å². The highest BCUT2D eigenvalue weighted by molar-refractivity contribution is 9.10. The first-order valence-corrected chi connectivity index (χ1v) is 5.02. The van der Waals surface area contributed by atoms with E-state index in [0.717, 1.165) is 11.4 Å². The third-order valence-corrected chi connectivity index (χ3v) is 2.71. The van der Waals surface area contributed by atoms with E-state index in [1.807, 2.05) is 41.9 Å². The summed E-state index contributed by atoms with van der Waals surface area (Å²) in [6.45, 7) is 0. The van der Waals surface area contributed by atoms with Gasteiger partial charge in [0.1, 0.15) is 16.2 Å². The largest absolute Gasteiger partial charge is 0.383 e. The molecule has 0 spiro atoms. The second-order valence-corrected chi connectivity index (χ2v) is 3.79.